The van der Waals surface area contributed by atoms with Crippen molar-refractivity contribution in [2.45, 2.75) is 17.7 Å². The van der Waals surface area contributed by atoms with E-state index in [4.69, 9.17) is 5.73 Å². The van der Waals surface area contributed by atoms with E-state index in [1.807, 2.05) is 12.1 Å². The smallest absolute Gasteiger partial charge is 0.318 e. The van der Waals surface area contributed by atoms with Crippen LogP contribution in [0.1, 0.15) is 12.0 Å². The van der Waals surface area contributed by atoms with Crippen LogP contribution in [0.5, 0.6) is 0 Å². The molecule has 7 heteroatoms. The first-order chi connectivity index (χ1) is 14.8. The molecule has 0 saturated carbocycles. The van der Waals surface area contributed by atoms with Crippen molar-refractivity contribution in [3.8, 4) is 11.1 Å². The van der Waals surface area contributed by atoms with Crippen molar-refractivity contribution in [2.75, 3.05) is 6.26 Å². The predicted octanol–water partition coefficient (Wildman–Crippen LogP) is 4.15. The van der Waals surface area contributed by atoms with Crippen LogP contribution in [0.3, 0.4) is 0 Å². The molecule has 1 aliphatic rings. The van der Waals surface area contributed by atoms with Crippen LogP contribution in [-0.4, -0.2) is 26.6 Å². The summed E-state index contributed by atoms with van der Waals surface area (Å²) in [6, 6.07) is 20.0. The maximum Gasteiger partial charge on any atom is 0.431 e. The monoisotopic (exact) mass is 434 g/mol. The lowest BCUT2D eigenvalue weighted by atomic mass is 10.0. The third-order valence-electron chi connectivity index (χ3n) is 5.60. The van der Waals surface area contributed by atoms with E-state index in [1.165, 1.54) is 6.42 Å². The molecule has 0 saturated heterocycles. The van der Waals surface area contributed by atoms with Crippen LogP contribution < -0.4 is 10.2 Å². The van der Waals surface area contributed by atoms with Gasteiger partial charge in [0.05, 0.1) is 11.3 Å². The van der Waals surface area contributed by atoms with Gasteiger partial charge in [0.2, 0.25) is 0 Å². The molecule has 1 unspecified atom stereocenters. The first-order valence-electron chi connectivity index (χ1n) is 9.81. The number of hydrogen-bond donors (Lipinski definition) is 1. The second-order valence-electron chi connectivity index (χ2n) is 7.53. The lowest BCUT2D eigenvalue weighted by molar-refractivity contribution is -0.122. The second-order valence-corrected chi connectivity index (χ2v) is 9.52. The fraction of sp³-hybridized carbons (Fsp3) is 0.125. The number of carbonyl (C=O) groups is 2. The summed E-state index contributed by atoms with van der Waals surface area (Å²) in [4.78, 5) is 26.2. The number of rotatable bonds is 3. The summed E-state index contributed by atoms with van der Waals surface area (Å²) in [5, 5.41) is 0. The summed E-state index contributed by atoms with van der Waals surface area (Å²) in [7, 11) is -3.43. The maximum atomic E-state index is 13.2. The van der Waals surface area contributed by atoms with Gasteiger partial charge in [0.25, 0.3) is 0 Å². The van der Waals surface area contributed by atoms with Crippen molar-refractivity contribution in [3.63, 3.8) is 0 Å². The van der Waals surface area contributed by atoms with Crippen molar-refractivity contribution in [3.05, 3.63) is 84.8 Å². The number of sulfone groups is 1. The molecule has 2 N–H and O–H groups in total. The summed E-state index contributed by atoms with van der Waals surface area (Å²) in [6.07, 6.45) is 3.83. The third kappa shape index (κ3) is 3.45. The van der Waals surface area contributed by atoms with Gasteiger partial charge in [-0.15, -0.1) is 4.48 Å². The summed E-state index contributed by atoms with van der Waals surface area (Å²) >= 11 is 0. The van der Waals surface area contributed by atoms with Gasteiger partial charge in [-0.1, -0.05) is 36.4 Å². The average molecular weight is 435 g/mol. The van der Waals surface area contributed by atoms with Crippen molar-refractivity contribution >= 4 is 33.2 Å². The van der Waals surface area contributed by atoms with Crippen molar-refractivity contribution < 1.29 is 18.0 Å². The number of imide groups is 1. The zero-order chi connectivity index (χ0) is 22.2. The molecular formula is C24H22N2O4S+. The number of carbonyl (C=O) groups excluding carboxylic acids is 2. The lowest BCUT2D eigenvalue weighted by Crippen LogP contribution is -2.57. The van der Waals surface area contributed by atoms with E-state index in [1.54, 1.807) is 60.7 Å². The Bertz CT molecular complexity index is 1280. The molecule has 6 nitrogen and oxygen atoms in total. The minimum absolute atomic E-state index is 0.214. The van der Waals surface area contributed by atoms with Crippen molar-refractivity contribution in [2.24, 2.45) is 5.73 Å². The SMILES string of the molecule is CS(=O)(=O)c1ccccc1-c1ccc([N+]2(C(N)=O)C(=O)[CH]CCc3ccccc32)cc1. The molecule has 157 valence electrons. The molecule has 0 spiro atoms. The molecule has 3 aromatic carbocycles. The highest BCUT2D eigenvalue weighted by molar-refractivity contribution is 7.90. The second kappa shape index (κ2) is 7.76. The van der Waals surface area contributed by atoms with E-state index >= 15 is 0 Å². The van der Waals surface area contributed by atoms with Crippen LogP contribution in [0.25, 0.3) is 11.1 Å². The Kier molecular flexibility index (Phi) is 5.24. The highest BCUT2D eigenvalue weighted by atomic mass is 32.2. The first kappa shape index (κ1) is 21.0. The molecule has 3 aromatic rings. The summed E-state index contributed by atoms with van der Waals surface area (Å²) < 4.78 is 23.6. The van der Waals surface area contributed by atoms with E-state index < -0.39 is 26.3 Å². The number of urea groups is 1. The zero-order valence-electron chi connectivity index (χ0n) is 17.0. The predicted molar refractivity (Wildman–Crippen MR) is 120 cm³/mol. The van der Waals surface area contributed by atoms with Gasteiger partial charge in [0.1, 0.15) is 0 Å². The zero-order valence-corrected chi connectivity index (χ0v) is 17.8. The third-order valence-corrected chi connectivity index (χ3v) is 6.75. The number of primary amides is 1. The topological polar surface area (TPSA) is 94.3 Å². The van der Waals surface area contributed by atoms with Crippen molar-refractivity contribution in [1.29, 1.82) is 0 Å². The van der Waals surface area contributed by atoms with Gasteiger partial charge in [0.15, 0.2) is 21.2 Å². The molecule has 0 aromatic heterocycles. The molecular weight excluding hydrogens is 412 g/mol. The average Bonchev–Trinajstić information content (AvgIpc) is 2.90. The van der Waals surface area contributed by atoms with Crippen LogP contribution in [0, 0.1) is 6.42 Å². The molecule has 1 aliphatic heterocycles. The number of hydrogen-bond acceptors (Lipinski definition) is 4. The summed E-state index contributed by atoms with van der Waals surface area (Å²) in [5.41, 5.74) is 8.89. The van der Waals surface area contributed by atoms with Gasteiger partial charge in [-0.25, -0.2) is 18.0 Å². The highest BCUT2D eigenvalue weighted by Gasteiger charge is 2.50. The number of para-hydroxylation sites is 1. The largest absolute Gasteiger partial charge is 0.431 e. The Balaban J connectivity index is 1.91. The van der Waals surface area contributed by atoms with Crippen LogP contribution in [-0.2, 0) is 21.1 Å². The molecule has 0 fully saturated rings. The van der Waals surface area contributed by atoms with Crippen LogP contribution in [0.2, 0.25) is 0 Å². The number of nitrogens with two attached hydrogens (primary N) is 1. The number of nitrogens with zero attached hydrogens (tertiary/aromatic N) is 1. The van der Waals surface area contributed by atoms with Gasteiger partial charge >= 0.3 is 11.9 Å². The fourth-order valence-corrected chi connectivity index (χ4v) is 5.08. The minimum Gasteiger partial charge on any atom is -0.318 e. The molecule has 31 heavy (non-hydrogen) atoms. The summed E-state index contributed by atoms with van der Waals surface area (Å²) in [6.45, 7) is 0. The number of benzene rings is 3. The van der Waals surface area contributed by atoms with E-state index in [2.05, 4.69) is 0 Å². The van der Waals surface area contributed by atoms with E-state index in [9.17, 15) is 18.0 Å². The van der Waals surface area contributed by atoms with Gasteiger partial charge in [0, 0.05) is 35.6 Å². The van der Waals surface area contributed by atoms with Crippen LogP contribution in [0.4, 0.5) is 16.2 Å². The minimum atomic E-state index is -3.43. The van der Waals surface area contributed by atoms with E-state index in [0.717, 1.165) is 11.8 Å². The van der Waals surface area contributed by atoms with Gasteiger partial charge < -0.3 is 5.73 Å². The van der Waals surface area contributed by atoms with Gasteiger partial charge in [-0.3, -0.25) is 0 Å². The molecule has 3 amide bonds. The van der Waals surface area contributed by atoms with Crippen LogP contribution >= 0.6 is 0 Å². The van der Waals surface area contributed by atoms with E-state index in [0.29, 0.717) is 35.3 Å². The Labute approximate surface area is 181 Å². The normalized spacial score (nSPS) is 18.8. The molecule has 1 heterocycles. The first-order valence-corrected chi connectivity index (χ1v) is 11.7. The molecule has 1 atom stereocenters. The highest BCUT2D eigenvalue weighted by Crippen LogP contribution is 2.41. The number of quaternary nitrogens is 1. The Morgan fingerprint density at radius 1 is 0.935 bits per heavy atom. The molecule has 0 bridgehead atoms. The van der Waals surface area contributed by atoms with E-state index in [-0.39, 0.29) is 4.90 Å². The Hall–Kier alpha value is -3.29. The molecule has 0 aliphatic carbocycles. The lowest BCUT2D eigenvalue weighted by Gasteiger charge is -2.30. The number of amides is 3. The quantitative estimate of drug-likeness (QED) is 0.627. The number of aryl methyl sites for hydroxylation is 1. The molecule has 1 radical (unpaired) electrons. The van der Waals surface area contributed by atoms with Crippen molar-refractivity contribution in [1.82, 2.24) is 4.48 Å². The Morgan fingerprint density at radius 3 is 2.26 bits per heavy atom. The standard InChI is InChI=1S/C24H21N2O4S/c1-31(29,30)22-11-5-3-9-20(22)17-13-15-19(16-14-17)26(24(25)28)21-10-4-2-7-18(21)8-6-12-23(26)27/h2-5,7,9-16H,6,8H2,1H3,(H-,25,28)/p+1. The summed E-state index contributed by atoms with van der Waals surface area (Å²) in [5.74, 6) is -0.401. The van der Waals surface area contributed by atoms with Gasteiger partial charge in [-0.2, -0.15) is 0 Å². The maximum absolute atomic E-state index is 13.2. The Morgan fingerprint density at radius 2 is 1.58 bits per heavy atom. The number of fused-ring (bicyclic) bond motifs is 1. The molecule has 4 rings (SSSR count). The van der Waals surface area contributed by atoms with Gasteiger partial charge in [-0.05, 0) is 36.6 Å². The fourth-order valence-electron chi connectivity index (χ4n) is 4.17. The van der Waals surface area contributed by atoms with Crippen LogP contribution in [0.15, 0.2) is 77.7 Å².